The number of hydrogen-bond donors (Lipinski definition) is 0. The van der Waals surface area contributed by atoms with Crippen LogP contribution in [0, 0.1) is 6.92 Å². The minimum absolute atomic E-state index is 0.0742. The maximum Gasteiger partial charge on any atom is 0.228 e. The first-order chi connectivity index (χ1) is 12.2. The Morgan fingerprint density at radius 3 is 2.72 bits per heavy atom. The van der Waals surface area contributed by atoms with Crippen molar-refractivity contribution in [3.05, 3.63) is 42.3 Å². The van der Waals surface area contributed by atoms with Crippen molar-refractivity contribution in [3.8, 4) is 11.3 Å². The topological polar surface area (TPSA) is 81.4 Å². The molecule has 7 nitrogen and oxygen atoms in total. The first-order valence-electron chi connectivity index (χ1n) is 8.22. The molecule has 0 radical (unpaired) electrons. The molecule has 0 N–H and O–H groups in total. The molecule has 4 rings (SSSR count). The molecule has 1 aliphatic heterocycles. The van der Waals surface area contributed by atoms with E-state index in [1.807, 2.05) is 17.0 Å². The second-order valence-corrected chi connectivity index (χ2v) is 6.01. The van der Waals surface area contributed by atoms with Gasteiger partial charge < -0.3 is 14.1 Å². The predicted molar refractivity (Wildman–Crippen MR) is 90.9 cm³/mol. The van der Waals surface area contributed by atoms with Crippen LogP contribution in [0.4, 0.5) is 0 Å². The van der Waals surface area contributed by atoms with E-state index in [0.29, 0.717) is 38.0 Å². The van der Waals surface area contributed by atoms with Crippen molar-refractivity contribution >= 4 is 16.8 Å². The summed E-state index contributed by atoms with van der Waals surface area (Å²) in [6, 6.07) is 3.89. The number of nitrogens with zero attached hydrogens (tertiary/aromatic N) is 4. The van der Waals surface area contributed by atoms with Crippen LogP contribution in [0.5, 0.6) is 0 Å². The summed E-state index contributed by atoms with van der Waals surface area (Å²) in [5.74, 6) is 1.36. The highest BCUT2D eigenvalue weighted by Crippen LogP contribution is 2.23. The molecule has 0 unspecified atom stereocenters. The number of amides is 1. The lowest BCUT2D eigenvalue weighted by Gasteiger charge is -2.26. The number of aromatic nitrogens is 3. The zero-order valence-electron chi connectivity index (χ0n) is 13.9. The van der Waals surface area contributed by atoms with Crippen molar-refractivity contribution in [1.29, 1.82) is 0 Å². The molecule has 1 fully saturated rings. The van der Waals surface area contributed by atoms with E-state index in [1.54, 1.807) is 25.5 Å². The predicted octanol–water partition coefficient (Wildman–Crippen LogP) is 1.99. The average molecular weight is 338 g/mol. The zero-order chi connectivity index (χ0) is 17.2. The molecule has 0 bridgehead atoms. The largest absolute Gasteiger partial charge is 0.441 e. The molecule has 0 spiro atoms. The minimum atomic E-state index is 0.0742. The number of ether oxygens (including phenoxy) is 1. The van der Waals surface area contributed by atoms with Gasteiger partial charge in [0.15, 0.2) is 11.7 Å². The highest BCUT2D eigenvalue weighted by Gasteiger charge is 2.17. The van der Waals surface area contributed by atoms with Gasteiger partial charge in [0.2, 0.25) is 5.91 Å². The summed E-state index contributed by atoms with van der Waals surface area (Å²) in [4.78, 5) is 27.1. The molecular formula is C18H18N4O3. The van der Waals surface area contributed by atoms with Crippen LogP contribution in [0.1, 0.15) is 11.6 Å². The van der Waals surface area contributed by atoms with Crippen molar-refractivity contribution in [2.24, 2.45) is 0 Å². The van der Waals surface area contributed by atoms with E-state index in [2.05, 4.69) is 15.0 Å². The summed E-state index contributed by atoms with van der Waals surface area (Å²) in [5.41, 5.74) is 2.36. The summed E-state index contributed by atoms with van der Waals surface area (Å²) < 4.78 is 10.8. The number of oxazole rings is 1. The summed E-state index contributed by atoms with van der Waals surface area (Å²) in [5, 5.41) is 0.923. The fraction of sp³-hybridized carbons (Fsp3) is 0.333. The van der Waals surface area contributed by atoms with Gasteiger partial charge in [-0.25, -0.2) is 4.98 Å². The monoisotopic (exact) mass is 338 g/mol. The van der Waals surface area contributed by atoms with Gasteiger partial charge in [0.1, 0.15) is 0 Å². The number of rotatable bonds is 3. The van der Waals surface area contributed by atoms with E-state index in [9.17, 15) is 4.79 Å². The van der Waals surface area contributed by atoms with Crippen LogP contribution >= 0.6 is 0 Å². The maximum absolute atomic E-state index is 12.4. The molecule has 3 aromatic rings. The highest BCUT2D eigenvalue weighted by atomic mass is 16.5. The number of carbonyl (C=O) groups excluding carboxylic acids is 1. The lowest BCUT2D eigenvalue weighted by molar-refractivity contribution is -0.134. The van der Waals surface area contributed by atoms with E-state index in [4.69, 9.17) is 9.15 Å². The van der Waals surface area contributed by atoms with E-state index in [0.717, 1.165) is 22.2 Å². The molecule has 25 heavy (non-hydrogen) atoms. The first-order valence-corrected chi connectivity index (χ1v) is 8.22. The van der Waals surface area contributed by atoms with Crippen LogP contribution < -0.4 is 0 Å². The molecule has 0 aliphatic carbocycles. The molecule has 1 saturated heterocycles. The number of aryl methyl sites for hydroxylation is 1. The summed E-state index contributed by atoms with van der Waals surface area (Å²) in [6.07, 6.45) is 5.40. The quantitative estimate of drug-likeness (QED) is 0.726. The van der Waals surface area contributed by atoms with Crippen LogP contribution in [0.2, 0.25) is 0 Å². The van der Waals surface area contributed by atoms with Crippen molar-refractivity contribution < 1.29 is 13.9 Å². The van der Waals surface area contributed by atoms with Gasteiger partial charge in [-0.1, -0.05) is 0 Å². The molecular weight excluding hydrogens is 320 g/mol. The summed E-state index contributed by atoms with van der Waals surface area (Å²) in [6.45, 7) is 4.28. The molecule has 0 atom stereocenters. The van der Waals surface area contributed by atoms with Gasteiger partial charge in [-0.15, -0.1) is 0 Å². The molecule has 128 valence electrons. The molecule has 7 heteroatoms. The second-order valence-electron chi connectivity index (χ2n) is 6.01. The number of hydrogen-bond acceptors (Lipinski definition) is 6. The van der Waals surface area contributed by atoms with Crippen LogP contribution in [0.3, 0.4) is 0 Å². The van der Waals surface area contributed by atoms with E-state index in [-0.39, 0.29) is 12.3 Å². The van der Waals surface area contributed by atoms with Crippen LogP contribution in [-0.2, 0) is 16.0 Å². The Hall–Kier alpha value is -2.80. The van der Waals surface area contributed by atoms with Gasteiger partial charge in [-0.3, -0.25) is 14.8 Å². The van der Waals surface area contributed by atoms with Gasteiger partial charge in [-0.05, 0) is 12.1 Å². The van der Waals surface area contributed by atoms with Crippen molar-refractivity contribution in [3.63, 3.8) is 0 Å². The fourth-order valence-corrected chi connectivity index (χ4v) is 2.88. The molecule has 1 amide bonds. The average Bonchev–Trinajstić information content (AvgIpc) is 3.08. The minimum Gasteiger partial charge on any atom is -0.441 e. The molecule has 4 heterocycles. The second kappa shape index (κ2) is 6.60. The van der Waals surface area contributed by atoms with Gasteiger partial charge in [0, 0.05) is 37.2 Å². The van der Waals surface area contributed by atoms with Crippen molar-refractivity contribution in [1.82, 2.24) is 19.9 Å². The molecule has 0 aromatic carbocycles. The van der Waals surface area contributed by atoms with E-state index in [1.165, 1.54) is 0 Å². The van der Waals surface area contributed by atoms with E-state index >= 15 is 0 Å². The standard InChI is InChI=1S/C18H18N4O3/c1-12-19-11-17(25-12)14-6-13-7-15(20-10-16(13)21-9-14)8-18(23)22-2-4-24-5-3-22/h6-7,9-11H,2-5,8H2,1H3. The Morgan fingerprint density at radius 1 is 1.12 bits per heavy atom. The smallest absolute Gasteiger partial charge is 0.228 e. The van der Waals surface area contributed by atoms with Crippen LogP contribution in [-0.4, -0.2) is 52.1 Å². The van der Waals surface area contributed by atoms with Gasteiger partial charge in [0.05, 0.1) is 43.2 Å². The third-order valence-electron chi connectivity index (χ3n) is 4.23. The number of morpholine rings is 1. The van der Waals surface area contributed by atoms with E-state index < -0.39 is 0 Å². The number of carbonyl (C=O) groups is 1. The van der Waals surface area contributed by atoms with Gasteiger partial charge in [0.25, 0.3) is 0 Å². The summed E-state index contributed by atoms with van der Waals surface area (Å²) >= 11 is 0. The Bertz CT molecular complexity index is 916. The lowest BCUT2D eigenvalue weighted by Crippen LogP contribution is -2.41. The Labute approximate surface area is 144 Å². The third kappa shape index (κ3) is 3.36. The van der Waals surface area contributed by atoms with Crippen molar-refractivity contribution in [2.45, 2.75) is 13.3 Å². The van der Waals surface area contributed by atoms with Crippen molar-refractivity contribution in [2.75, 3.05) is 26.3 Å². The SMILES string of the molecule is Cc1ncc(-c2cnc3cnc(CC(=O)N4CCOCC4)cc3c2)o1. The Balaban J connectivity index is 1.59. The molecule has 1 aliphatic rings. The molecule has 3 aromatic heterocycles. The lowest BCUT2D eigenvalue weighted by atomic mass is 10.1. The fourth-order valence-electron chi connectivity index (χ4n) is 2.88. The zero-order valence-corrected chi connectivity index (χ0v) is 13.9. The van der Waals surface area contributed by atoms with Crippen LogP contribution in [0.25, 0.3) is 22.2 Å². The third-order valence-corrected chi connectivity index (χ3v) is 4.23. The summed E-state index contributed by atoms with van der Waals surface area (Å²) in [7, 11) is 0. The Morgan fingerprint density at radius 2 is 1.96 bits per heavy atom. The van der Waals surface area contributed by atoms with Gasteiger partial charge >= 0.3 is 0 Å². The normalized spacial score (nSPS) is 14.8. The van der Waals surface area contributed by atoms with Crippen LogP contribution in [0.15, 0.2) is 35.1 Å². The number of fused-ring (bicyclic) bond motifs is 1. The highest BCUT2D eigenvalue weighted by molar-refractivity contribution is 5.84. The maximum atomic E-state index is 12.4. The first kappa shape index (κ1) is 15.7. The molecule has 0 saturated carbocycles. The number of pyridine rings is 2. The Kier molecular flexibility index (Phi) is 4.15. The van der Waals surface area contributed by atoms with Gasteiger partial charge in [-0.2, -0.15) is 0 Å².